The van der Waals surface area contributed by atoms with Crippen LogP contribution in [0.4, 0.5) is 0 Å². The fourth-order valence-corrected chi connectivity index (χ4v) is 2.97. The van der Waals surface area contributed by atoms with Gasteiger partial charge < -0.3 is 15.4 Å². The van der Waals surface area contributed by atoms with Crippen molar-refractivity contribution in [3.05, 3.63) is 23.4 Å². The molecule has 0 aromatic carbocycles. The Bertz CT molecular complexity index is 574. The van der Waals surface area contributed by atoms with Gasteiger partial charge in [0.25, 0.3) is 5.91 Å². The second-order valence-corrected chi connectivity index (χ2v) is 6.00. The molecule has 1 aliphatic rings. The predicted octanol–water partition coefficient (Wildman–Crippen LogP) is 1.91. The zero-order valence-electron chi connectivity index (χ0n) is 13.9. The second kappa shape index (κ2) is 7.94. The van der Waals surface area contributed by atoms with Gasteiger partial charge in [0.05, 0.1) is 6.61 Å². The molecular weight excluding hydrogens is 294 g/mol. The Labute approximate surface area is 137 Å². The number of nitrogens with two attached hydrogens (primary N) is 1. The minimum atomic E-state index is -0.267. The zero-order valence-corrected chi connectivity index (χ0v) is 13.9. The number of hydrogen-bond donors (Lipinski definition) is 1. The van der Waals surface area contributed by atoms with Crippen molar-refractivity contribution in [1.29, 1.82) is 0 Å². The molecule has 0 aliphatic carbocycles. The fourth-order valence-electron chi connectivity index (χ4n) is 2.97. The Morgan fingerprint density at radius 2 is 2.13 bits per heavy atom. The number of hydrogen-bond acceptors (Lipinski definition) is 4. The molecule has 126 valence electrons. The van der Waals surface area contributed by atoms with Crippen LogP contribution in [-0.4, -0.2) is 41.4 Å². The first-order valence-corrected chi connectivity index (χ1v) is 8.19. The van der Waals surface area contributed by atoms with Gasteiger partial charge in [0.2, 0.25) is 11.8 Å². The lowest BCUT2D eigenvalue weighted by atomic mass is 9.97. The number of primary amides is 1. The minimum absolute atomic E-state index is 0.0549. The van der Waals surface area contributed by atoms with Crippen molar-refractivity contribution in [2.24, 2.45) is 11.7 Å². The zero-order chi connectivity index (χ0) is 16.8. The Morgan fingerprint density at radius 3 is 2.83 bits per heavy atom. The standard InChI is InChI=1S/C17H25N3O3/c1-3-23-16-14(7-6-12(2)19-16)17(22)20-9-4-5-13(8-10-20)11-15(18)21/h6-7,13H,3-5,8-11H2,1-2H3,(H2,18,21). The van der Waals surface area contributed by atoms with E-state index in [-0.39, 0.29) is 17.7 Å². The van der Waals surface area contributed by atoms with E-state index >= 15 is 0 Å². The first-order chi connectivity index (χ1) is 11.0. The molecule has 23 heavy (non-hydrogen) atoms. The molecule has 1 aromatic heterocycles. The quantitative estimate of drug-likeness (QED) is 0.898. The number of carbonyl (C=O) groups excluding carboxylic acids is 2. The number of likely N-dealkylation sites (tertiary alicyclic amines) is 1. The van der Waals surface area contributed by atoms with E-state index in [1.807, 2.05) is 24.8 Å². The highest BCUT2D eigenvalue weighted by molar-refractivity contribution is 5.96. The Hall–Kier alpha value is -2.11. The van der Waals surface area contributed by atoms with Gasteiger partial charge in [-0.15, -0.1) is 0 Å². The van der Waals surface area contributed by atoms with Gasteiger partial charge in [-0.3, -0.25) is 9.59 Å². The molecule has 1 saturated heterocycles. The van der Waals surface area contributed by atoms with Crippen molar-refractivity contribution in [1.82, 2.24) is 9.88 Å². The monoisotopic (exact) mass is 319 g/mol. The summed E-state index contributed by atoms with van der Waals surface area (Å²) in [6.07, 6.45) is 3.01. The smallest absolute Gasteiger partial charge is 0.259 e. The molecule has 0 radical (unpaired) electrons. The van der Waals surface area contributed by atoms with Gasteiger partial charge in [-0.05, 0) is 51.2 Å². The fraction of sp³-hybridized carbons (Fsp3) is 0.588. The first kappa shape index (κ1) is 17.2. The summed E-state index contributed by atoms with van der Waals surface area (Å²) in [6.45, 7) is 5.54. The summed E-state index contributed by atoms with van der Waals surface area (Å²) in [5, 5.41) is 0. The summed E-state index contributed by atoms with van der Waals surface area (Å²) in [6, 6.07) is 3.60. The third-order valence-electron chi connectivity index (χ3n) is 4.14. The Balaban J connectivity index is 2.10. The topological polar surface area (TPSA) is 85.5 Å². The molecule has 0 bridgehead atoms. The van der Waals surface area contributed by atoms with Gasteiger partial charge in [-0.25, -0.2) is 4.98 Å². The largest absolute Gasteiger partial charge is 0.477 e. The van der Waals surface area contributed by atoms with Crippen LogP contribution in [0.3, 0.4) is 0 Å². The van der Waals surface area contributed by atoms with E-state index in [1.54, 1.807) is 6.07 Å². The molecule has 2 N–H and O–H groups in total. The molecule has 2 heterocycles. The summed E-state index contributed by atoms with van der Waals surface area (Å²) in [5.41, 5.74) is 6.61. The molecule has 1 atom stereocenters. The van der Waals surface area contributed by atoms with Crippen molar-refractivity contribution in [2.75, 3.05) is 19.7 Å². The van der Waals surface area contributed by atoms with Gasteiger partial charge in [0.1, 0.15) is 5.56 Å². The molecule has 1 fully saturated rings. The van der Waals surface area contributed by atoms with Gasteiger partial charge in [0, 0.05) is 25.2 Å². The van der Waals surface area contributed by atoms with E-state index in [0.29, 0.717) is 37.6 Å². The van der Waals surface area contributed by atoms with E-state index < -0.39 is 0 Å². The number of aryl methyl sites for hydroxylation is 1. The SMILES string of the molecule is CCOc1nc(C)ccc1C(=O)N1CCCC(CC(N)=O)CC1. The van der Waals surface area contributed by atoms with Crippen LogP contribution in [0.2, 0.25) is 0 Å². The van der Waals surface area contributed by atoms with E-state index in [4.69, 9.17) is 10.5 Å². The molecule has 1 aromatic rings. The molecule has 2 amide bonds. The number of ether oxygens (including phenoxy) is 1. The molecule has 6 heteroatoms. The van der Waals surface area contributed by atoms with Crippen molar-refractivity contribution in [2.45, 2.75) is 39.5 Å². The number of aromatic nitrogens is 1. The van der Waals surface area contributed by atoms with Crippen LogP contribution in [0, 0.1) is 12.8 Å². The first-order valence-electron chi connectivity index (χ1n) is 8.19. The van der Waals surface area contributed by atoms with Crippen molar-refractivity contribution < 1.29 is 14.3 Å². The van der Waals surface area contributed by atoms with Gasteiger partial charge in [0.15, 0.2) is 0 Å². The number of nitrogens with zero attached hydrogens (tertiary/aromatic N) is 2. The predicted molar refractivity (Wildman–Crippen MR) is 87.2 cm³/mol. The molecule has 0 saturated carbocycles. The molecule has 6 nitrogen and oxygen atoms in total. The third-order valence-corrected chi connectivity index (χ3v) is 4.14. The van der Waals surface area contributed by atoms with E-state index in [9.17, 15) is 9.59 Å². The van der Waals surface area contributed by atoms with Crippen LogP contribution in [-0.2, 0) is 4.79 Å². The summed E-state index contributed by atoms with van der Waals surface area (Å²) in [5.74, 6) is 0.347. The second-order valence-electron chi connectivity index (χ2n) is 6.00. The van der Waals surface area contributed by atoms with E-state index in [0.717, 1.165) is 25.0 Å². The third kappa shape index (κ3) is 4.68. The van der Waals surface area contributed by atoms with E-state index in [2.05, 4.69) is 4.98 Å². The van der Waals surface area contributed by atoms with Crippen LogP contribution < -0.4 is 10.5 Å². The Morgan fingerprint density at radius 1 is 1.35 bits per heavy atom. The maximum Gasteiger partial charge on any atom is 0.259 e. The molecule has 2 rings (SSSR count). The summed E-state index contributed by atoms with van der Waals surface area (Å²) >= 11 is 0. The normalized spacial score (nSPS) is 18.3. The van der Waals surface area contributed by atoms with Gasteiger partial charge in [-0.2, -0.15) is 0 Å². The van der Waals surface area contributed by atoms with Crippen LogP contribution in [0.1, 0.15) is 48.7 Å². The average Bonchev–Trinajstić information content (AvgIpc) is 2.72. The van der Waals surface area contributed by atoms with Crippen molar-refractivity contribution in [3.8, 4) is 5.88 Å². The molecular formula is C17H25N3O3. The summed E-state index contributed by atoms with van der Waals surface area (Å²) in [4.78, 5) is 30.0. The lowest BCUT2D eigenvalue weighted by Gasteiger charge is -2.21. The maximum atomic E-state index is 12.8. The average molecular weight is 319 g/mol. The highest BCUT2D eigenvalue weighted by Crippen LogP contribution is 2.24. The number of rotatable bonds is 5. The number of pyridine rings is 1. The van der Waals surface area contributed by atoms with Crippen LogP contribution in [0.15, 0.2) is 12.1 Å². The van der Waals surface area contributed by atoms with Gasteiger partial charge >= 0.3 is 0 Å². The number of amides is 2. The summed E-state index contributed by atoms with van der Waals surface area (Å²) in [7, 11) is 0. The van der Waals surface area contributed by atoms with Crippen LogP contribution in [0.25, 0.3) is 0 Å². The van der Waals surface area contributed by atoms with Crippen molar-refractivity contribution in [3.63, 3.8) is 0 Å². The minimum Gasteiger partial charge on any atom is -0.477 e. The lowest BCUT2D eigenvalue weighted by molar-refractivity contribution is -0.119. The maximum absolute atomic E-state index is 12.8. The van der Waals surface area contributed by atoms with Gasteiger partial charge in [-0.1, -0.05) is 0 Å². The van der Waals surface area contributed by atoms with Crippen LogP contribution in [0.5, 0.6) is 5.88 Å². The van der Waals surface area contributed by atoms with Crippen LogP contribution >= 0.6 is 0 Å². The summed E-state index contributed by atoms with van der Waals surface area (Å²) < 4.78 is 5.51. The molecule has 1 aliphatic heterocycles. The van der Waals surface area contributed by atoms with Crippen molar-refractivity contribution >= 4 is 11.8 Å². The molecule has 0 spiro atoms. The Kier molecular flexibility index (Phi) is 5.96. The van der Waals surface area contributed by atoms with E-state index in [1.165, 1.54) is 0 Å². The lowest BCUT2D eigenvalue weighted by Crippen LogP contribution is -2.32. The highest BCUT2D eigenvalue weighted by Gasteiger charge is 2.25. The molecule has 1 unspecified atom stereocenters. The highest BCUT2D eigenvalue weighted by atomic mass is 16.5. The number of carbonyl (C=O) groups is 2.